The van der Waals surface area contributed by atoms with Crippen LogP contribution in [0.3, 0.4) is 0 Å². The van der Waals surface area contributed by atoms with E-state index in [0.717, 1.165) is 43.6 Å². The average molecular weight is 281 g/mol. The number of imidazole rings is 1. The van der Waals surface area contributed by atoms with Gasteiger partial charge in [0.05, 0.1) is 0 Å². The van der Waals surface area contributed by atoms with Crippen LogP contribution in [0.2, 0.25) is 0 Å². The predicted octanol–water partition coefficient (Wildman–Crippen LogP) is 2.12. The molecule has 4 heteroatoms. The summed E-state index contributed by atoms with van der Waals surface area (Å²) in [5.41, 5.74) is 3.55. The van der Waals surface area contributed by atoms with Gasteiger partial charge in [0.1, 0.15) is 5.82 Å². The Morgan fingerprint density at radius 3 is 3.14 bits per heavy atom. The summed E-state index contributed by atoms with van der Waals surface area (Å²) >= 11 is 0. The van der Waals surface area contributed by atoms with Gasteiger partial charge in [0, 0.05) is 37.0 Å². The van der Waals surface area contributed by atoms with Gasteiger partial charge in [-0.2, -0.15) is 0 Å². The van der Waals surface area contributed by atoms with Crippen LogP contribution in [0.4, 0.5) is 0 Å². The molecule has 0 bridgehead atoms. The van der Waals surface area contributed by atoms with Crippen molar-refractivity contribution in [1.29, 1.82) is 0 Å². The van der Waals surface area contributed by atoms with Crippen molar-refractivity contribution < 1.29 is 4.79 Å². The minimum Gasteiger partial charge on any atom is -0.349 e. The summed E-state index contributed by atoms with van der Waals surface area (Å²) in [5.74, 6) is 1.12. The normalized spacial score (nSPS) is 19.9. The van der Waals surface area contributed by atoms with Crippen LogP contribution in [-0.2, 0) is 25.8 Å². The quantitative estimate of drug-likeness (QED) is 0.916. The van der Waals surface area contributed by atoms with Crippen LogP contribution in [0, 0.1) is 0 Å². The number of benzene rings is 1. The Kier molecular flexibility index (Phi) is 3.02. The highest BCUT2D eigenvalue weighted by atomic mass is 16.1. The number of hydrogen-bond acceptors (Lipinski definition) is 2. The van der Waals surface area contributed by atoms with Crippen LogP contribution in [0.25, 0.3) is 0 Å². The first-order valence-corrected chi connectivity index (χ1v) is 7.72. The third-order valence-electron chi connectivity index (χ3n) is 4.65. The van der Waals surface area contributed by atoms with Crippen LogP contribution < -0.4 is 5.32 Å². The molecular formula is C17H19N3O. The second kappa shape index (κ2) is 5.02. The lowest BCUT2D eigenvalue weighted by Gasteiger charge is -2.24. The highest BCUT2D eigenvalue weighted by Gasteiger charge is 2.22. The maximum Gasteiger partial charge on any atom is 0.251 e. The van der Waals surface area contributed by atoms with Crippen LogP contribution in [0.1, 0.15) is 40.2 Å². The topological polar surface area (TPSA) is 46.9 Å². The van der Waals surface area contributed by atoms with Gasteiger partial charge in [-0.1, -0.05) is 6.07 Å². The fraction of sp³-hybridized carbons (Fsp3) is 0.412. The van der Waals surface area contributed by atoms with Crippen molar-refractivity contribution in [3.05, 3.63) is 53.1 Å². The number of hydrogen-bond donors (Lipinski definition) is 1. The maximum absolute atomic E-state index is 12.4. The van der Waals surface area contributed by atoms with Gasteiger partial charge in [-0.05, 0) is 48.9 Å². The van der Waals surface area contributed by atoms with Crippen LogP contribution >= 0.6 is 0 Å². The van der Waals surface area contributed by atoms with E-state index in [0.29, 0.717) is 0 Å². The summed E-state index contributed by atoms with van der Waals surface area (Å²) < 4.78 is 2.16. The summed E-state index contributed by atoms with van der Waals surface area (Å²) in [6, 6.07) is 6.34. The summed E-state index contributed by atoms with van der Waals surface area (Å²) in [6.07, 6.45) is 9.11. The summed E-state index contributed by atoms with van der Waals surface area (Å²) in [4.78, 5) is 16.8. The lowest BCUT2D eigenvalue weighted by molar-refractivity contribution is 0.0930. The first kappa shape index (κ1) is 12.6. The van der Waals surface area contributed by atoms with E-state index in [9.17, 15) is 4.79 Å². The van der Waals surface area contributed by atoms with E-state index in [4.69, 9.17) is 0 Å². The number of aryl methyl sites for hydroxylation is 3. The molecule has 0 saturated heterocycles. The second-order valence-corrected chi connectivity index (χ2v) is 6.04. The molecule has 1 amide bonds. The van der Waals surface area contributed by atoms with Crippen molar-refractivity contribution >= 4 is 5.91 Å². The molecule has 0 saturated carbocycles. The maximum atomic E-state index is 12.4. The van der Waals surface area contributed by atoms with Gasteiger partial charge in [0.25, 0.3) is 5.91 Å². The Labute approximate surface area is 124 Å². The minimum atomic E-state index is 0.0507. The largest absolute Gasteiger partial charge is 0.349 e. The molecule has 1 aromatic carbocycles. The third-order valence-corrected chi connectivity index (χ3v) is 4.65. The van der Waals surface area contributed by atoms with E-state index in [1.807, 2.05) is 18.5 Å². The number of carbonyl (C=O) groups excluding carboxylic acids is 1. The molecule has 21 heavy (non-hydrogen) atoms. The molecule has 0 spiro atoms. The molecule has 1 N–H and O–H groups in total. The van der Waals surface area contributed by atoms with E-state index >= 15 is 0 Å². The molecule has 4 nitrogen and oxygen atoms in total. The number of aromatic nitrogens is 2. The number of nitrogens with one attached hydrogen (secondary N) is 1. The Morgan fingerprint density at radius 2 is 2.19 bits per heavy atom. The minimum absolute atomic E-state index is 0.0507. The van der Waals surface area contributed by atoms with Crippen molar-refractivity contribution in [2.45, 2.75) is 44.7 Å². The van der Waals surface area contributed by atoms with Crippen molar-refractivity contribution in [1.82, 2.24) is 14.9 Å². The fourth-order valence-electron chi connectivity index (χ4n) is 3.46. The molecule has 1 aliphatic carbocycles. The number of fused-ring (bicyclic) bond motifs is 2. The molecule has 0 fully saturated rings. The van der Waals surface area contributed by atoms with E-state index in [2.05, 4.69) is 27.0 Å². The highest BCUT2D eigenvalue weighted by Crippen LogP contribution is 2.23. The molecule has 2 heterocycles. The first-order chi connectivity index (χ1) is 10.3. The van der Waals surface area contributed by atoms with E-state index in [-0.39, 0.29) is 11.9 Å². The molecule has 2 aliphatic rings. The first-order valence-electron chi connectivity index (χ1n) is 7.72. The van der Waals surface area contributed by atoms with Gasteiger partial charge in [0.2, 0.25) is 0 Å². The SMILES string of the molecule is O=C(NC1CCn2ccnc2C1)c1ccc2c(c1)CCC2. The fourth-order valence-corrected chi connectivity index (χ4v) is 3.46. The van der Waals surface area contributed by atoms with Crippen molar-refractivity contribution in [2.24, 2.45) is 0 Å². The van der Waals surface area contributed by atoms with Crippen LogP contribution in [0.5, 0.6) is 0 Å². The third kappa shape index (κ3) is 2.35. The molecule has 1 unspecified atom stereocenters. The van der Waals surface area contributed by atoms with Gasteiger partial charge in [-0.25, -0.2) is 4.98 Å². The van der Waals surface area contributed by atoms with Gasteiger partial charge in [-0.3, -0.25) is 4.79 Å². The van der Waals surface area contributed by atoms with Gasteiger partial charge in [0.15, 0.2) is 0 Å². The lowest BCUT2D eigenvalue weighted by Crippen LogP contribution is -2.40. The van der Waals surface area contributed by atoms with Crippen LogP contribution in [-0.4, -0.2) is 21.5 Å². The van der Waals surface area contributed by atoms with Crippen molar-refractivity contribution in [2.75, 3.05) is 0 Å². The zero-order valence-electron chi connectivity index (χ0n) is 12.0. The Hall–Kier alpha value is -2.10. The lowest BCUT2D eigenvalue weighted by atomic mass is 10.0. The van der Waals surface area contributed by atoms with E-state index < -0.39 is 0 Å². The second-order valence-electron chi connectivity index (χ2n) is 6.04. The molecule has 108 valence electrons. The molecule has 2 aromatic rings. The number of rotatable bonds is 2. The summed E-state index contributed by atoms with van der Waals surface area (Å²) in [6.45, 7) is 0.935. The van der Waals surface area contributed by atoms with E-state index in [1.165, 1.54) is 17.5 Å². The zero-order valence-corrected chi connectivity index (χ0v) is 12.0. The van der Waals surface area contributed by atoms with Gasteiger partial charge >= 0.3 is 0 Å². The summed E-state index contributed by atoms with van der Waals surface area (Å²) in [7, 11) is 0. The van der Waals surface area contributed by atoms with Crippen molar-refractivity contribution in [3.8, 4) is 0 Å². The molecule has 1 aliphatic heterocycles. The molecular weight excluding hydrogens is 262 g/mol. The summed E-state index contributed by atoms with van der Waals surface area (Å²) in [5, 5.41) is 3.16. The molecule has 0 radical (unpaired) electrons. The molecule has 4 rings (SSSR count). The smallest absolute Gasteiger partial charge is 0.251 e. The molecule has 1 aromatic heterocycles. The van der Waals surface area contributed by atoms with Gasteiger partial charge < -0.3 is 9.88 Å². The monoisotopic (exact) mass is 281 g/mol. The van der Waals surface area contributed by atoms with Gasteiger partial charge in [-0.15, -0.1) is 0 Å². The Morgan fingerprint density at radius 1 is 1.29 bits per heavy atom. The zero-order chi connectivity index (χ0) is 14.2. The Balaban J connectivity index is 1.47. The number of carbonyl (C=O) groups is 1. The Bertz CT molecular complexity index is 689. The van der Waals surface area contributed by atoms with E-state index in [1.54, 1.807) is 0 Å². The van der Waals surface area contributed by atoms with Crippen LogP contribution in [0.15, 0.2) is 30.6 Å². The predicted molar refractivity (Wildman–Crippen MR) is 80.3 cm³/mol. The average Bonchev–Trinajstić information content (AvgIpc) is 3.14. The standard InChI is InChI=1S/C17H19N3O/c21-17(14-5-4-12-2-1-3-13(12)10-14)19-15-6-8-20-9-7-18-16(20)11-15/h4-5,7,9-10,15H,1-3,6,8,11H2,(H,19,21). The highest BCUT2D eigenvalue weighted by molar-refractivity contribution is 5.94. The molecule has 1 atom stereocenters. The van der Waals surface area contributed by atoms with Crippen molar-refractivity contribution in [3.63, 3.8) is 0 Å². The number of nitrogens with zero attached hydrogens (tertiary/aromatic N) is 2. The number of amides is 1.